The lowest BCUT2D eigenvalue weighted by Crippen LogP contribution is -2.31. The van der Waals surface area contributed by atoms with E-state index in [1.807, 2.05) is 13.0 Å². The van der Waals surface area contributed by atoms with Gasteiger partial charge in [-0.05, 0) is 18.5 Å². The number of rotatable bonds is 4. The summed E-state index contributed by atoms with van der Waals surface area (Å²) in [5.74, 6) is 0.00551. The highest BCUT2D eigenvalue weighted by atomic mass is 16.1. The minimum absolute atomic E-state index is 0.00551. The molecule has 0 radical (unpaired) electrons. The average molecular weight is 250 g/mol. The van der Waals surface area contributed by atoms with Crippen LogP contribution < -0.4 is 10.6 Å². The number of aryl methyl sites for hydroxylation is 1. The van der Waals surface area contributed by atoms with Gasteiger partial charge in [-0.3, -0.25) is 4.79 Å². The van der Waals surface area contributed by atoms with Gasteiger partial charge in [0, 0.05) is 6.92 Å². The van der Waals surface area contributed by atoms with Gasteiger partial charge in [-0.2, -0.15) is 0 Å². The maximum absolute atomic E-state index is 10.2. The molecule has 1 amide bonds. The van der Waals surface area contributed by atoms with Crippen molar-refractivity contribution in [2.24, 2.45) is 0 Å². The van der Waals surface area contributed by atoms with Gasteiger partial charge in [0.2, 0.25) is 5.91 Å². The van der Waals surface area contributed by atoms with Crippen molar-refractivity contribution in [2.45, 2.75) is 27.2 Å². The summed E-state index contributed by atoms with van der Waals surface area (Å²) in [7, 11) is 0. The first-order valence-corrected chi connectivity index (χ1v) is 6.19. The van der Waals surface area contributed by atoms with Gasteiger partial charge in [0.15, 0.2) is 0 Å². The highest BCUT2D eigenvalue weighted by Gasteiger charge is 1.84. The predicted octanol–water partition coefficient (Wildman–Crippen LogP) is 2.74. The lowest BCUT2D eigenvalue weighted by Gasteiger charge is -1.99. The molecule has 0 aliphatic heterocycles. The van der Waals surface area contributed by atoms with Crippen molar-refractivity contribution in [3.8, 4) is 0 Å². The predicted molar refractivity (Wildman–Crippen MR) is 79.4 cm³/mol. The summed E-state index contributed by atoms with van der Waals surface area (Å²) in [5, 5.41) is 5.54. The van der Waals surface area contributed by atoms with E-state index in [9.17, 15) is 4.79 Å². The molecule has 102 valence electrons. The van der Waals surface area contributed by atoms with Crippen molar-refractivity contribution < 1.29 is 4.79 Å². The normalized spacial score (nSPS) is 8.17. The Morgan fingerprint density at radius 1 is 1.17 bits per heavy atom. The topological polar surface area (TPSA) is 41.1 Å². The molecule has 1 rings (SSSR count). The van der Waals surface area contributed by atoms with Gasteiger partial charge in [0.25, 0.3) is 0 Å². The summed E-state index contributed by atoms with van der Waals surface area (Å²) in [6.45, 7) is 13.1. The van der Waals surface area contributed by atoms with Crippen LogP contribution in [0.5, 0.6) is 0 Å². The number of amides is 1. The van der Waals surface area contributed by atoms with Crippen LogP contribution in [0.4, 0.5) is 0 Å². The molecule has 0 fully saturated rings. The van der Waals surface area contributed by atoms with Crippen molar-refractivity contribution in [1.82, 2.24) is 10.6 Å². The molecule has 1 aromatic carbocycles. The van der Waals surface area contributed by atoms with E-state index in [1.165, 1.54) is 12.5 Å². The molecule has 1 aromatic rings. The van der Waals surface area contributed by atoms with Gasteiger partial charge < -0.3 is 10.6 Å². The number of hydrogen-bond acceptors (Lipinski definition) is 2. The fraction of sp³-hybridized carbons (Fsp3) is 0.400. The van der Waals surface area contributed by atoms with Crippen molar-refractivity contribution in [3.63, 3.8) is 0 Å². The Balaban J connectivity index is 0. The molecule has 18 heavy (non-hydrogen) atoms. The largest absolute Gasteiger partial charge is 0.344 e. The zero-order valence-corrected chi connectivity index (χ0v) is 11.8. The third kappa shape index (κ3) is 14.4. The lowest BCUT2D eigenvalue weighted by atomic mass is 10.2. The van der Waals surface area contributed by atoms with E-state index in [0.29, 0.717) is 6.67 Å². The molecule has 0 aromatic heterocycles. The quantitative estimate of drug-likeness (QED) is 0.490. The number of carbonyl (C=O) groups excluding carboxylic acids is 1. The number of hydrogen-bond donors (Lipinski definition) is 2. The lowest BCUT2D eigenvalue weighted by molar-refractivity contribution is -0.119. The van der Waals surface area contributed by atoms with E-state index >= 15 is 0 Å². The fourth-order valence-corrected chi connectivity index (χ4v) is 1.03. The van der Waals surface area contributed by atoms with E-state index in [0.717, 1.165) is 13.0 Å². The van der Waals surface area contributed by atoms with Gasteiger partial charge in [0.1, 0.15) is 0 Å². The summed E-state index contributed by atoms with van der Waals surface area (Å²) >= 11 is 0. The molecule has 3 heteroatoms. The van der Waals surface area contributed by atoms with Crippen LogP contribution in [0.2, 0.25) is 0 Å². The Bertz CT molecular complexity index is 286. The number of carbonyl (C=O) groups is 1. The summed E-state index contributed by atoms with van der Waals surface area (Å²) in [5.41, 5.74) is 1.41. The van der Waals surface area contributed by atoms with Gasteiger partial charge in [-0.1, -0.05) is 44.2 Å². The second kappa shape index (κ2) is 15.4. The SMILES string of the molecule is C=C.CCNCNC(C)=O.CCc1ccccc1. The Labute approximate surface area is 111 Å². The second-order valence-electron chi connectivity index (χ2n) is 3.35. The minimum Gasteiger partial charge on any atom is -0.344 e. The molecular formula is C15H26N2O. The smallest absolute Gasteiger partial charge is 0.217 e. The van der Waals surface area contributed by atoms with Crippen molar-refractivity contribution in [3.05, 3.63) is 49.1 Å². The Hall–Kier alpha value is -1.61. The molecule has 0 saturated heterocycles. The minimum atomic E-state index is 0.00551. The summed E-state index contributed by atoms with van der Waals surface area (Å²) in [4.78, 5) is 10.2. The van der Waals surface area contributed by atoms with Gasteiger partial charge in [0.05, 0.1) is 6.67 Å². The third-order valence-corrected chi connectivity index (χ3v) is 1.96. The fourth-order valence-electron chi connectivity index (χ4n) is 1.03. The van der Waals surface area contributed by atoms with E-state index in [-0.39, 0.29) is 5.91 Å². The third-order valence-electron chi connectivity index (χ3n) is 1.96. The summed E-state index contributed by atoms with van der Waals surface area (Å²) < 4.78 is 0. The molecule has 0 heterocycles. The van der Waals surface area contributed by atoms with Crippen LogP contribution in [0.15, 0.2) is 43.5 Å². The molecule has 3 nitrogen and oxygen atoms in total. The number of benzene rings is 1. The molecule has 2 N–H and O–H groups in total. The van der Waals surface area contributed by atoms with E-state index < -0.39 is 0 Å². The maximum Gasteiger partial charge on any atom is 0.217 e. The van der Waals surface area contributed by atoms with Gasteiger partial charge >= 0.3 is 0 Å². The van der Waals surface area contributed by atoms with Crippen LogP contribution in [0.1, 0.15) is 26.3 Å². The Morgan fingerprint density at radius 3 is 2.06 bits per heavy atom. The second-order valence-corrected chi connectivity index (χ2v) is 3.35. The Morgan fingerprint density at radius 2 is 1.72 bits per heavy atom. The van der Waals surface area contributed by atoms with E-state index in [1.54, 1.807) is 0 Å². The van der Waals surface area contributed by atoms with E-state index in [2.05, 4.69) is 55.0 Å². The zero-order chi connectivity index (χ0) is 14.2. The first-order chi connectivity index (χ1) is 8.70. The highest BCUT2D eigenvalue weighted by Crippen LogP contribution is 1.96. The van der Waals surface area contributed by atoms with Crippen LogP contribution in [-0.4, -0.2) is 19.1 Å². The van der Waals surface area contributed by atoms with Crippen molar-refractivity contribution in [1.29, 1.82) is 0 Å². The average Bonchev–Trinajstić information content (AvgIpc) is 2.43. The summed E-state index contributed by atoms with van der Waals surface area (Å²) in [6.07, 6.45) is 1.14. The van der Waals surface area contributed by atoms with Crippen molar-refractivity contribution in [2.75, 3.05) is 13.2 Å². The van der Waals surface area contributed by atoms with Gasteiger partial charge in [-0.15, -0.1) is 13.2 Å². The molecule has 0 atom stereocenters. The Kier molecular flexibility index (Phi) is 16.0. The first kappa shape index (κ1) is 18.7. The molecule has 0 aliphatic rings. The maximum atomic E-state index is 10.2. The van der Waals surface area contributed by atoms with Crippen LogP contribution >= 0.6 is 0 Å². The number of nitrogens with one attached hydrogen (secondary N) is 2. The molecule has 0 aliphatic carbocycles. The highest BCUT2D eigenvalue weighted by molar-refractivity contribution is 5.72. The van der Waals surface area contributed by atoms with Crippen LogP contribution in [0.3, 0.4) is 0 Å². The van der Waals surface area contributed by atoms with Gasteiger partial charge in [-0.25, -0.2) is 0 Å². The summed E-state index contributed by atoms with van der Waals surface area (Å²) in [6, 6.07) is 10.5. The van der Waals surface area contributed by atoms with Crippen LogP contribution in [-0.2, 0) is 11.2 Å². The monoisotopic (exact) mass is 250 g/mol. The van der Waals surface area contributed by atoms with Crippen molar-refractivity contribution >= 4 is 5.91 Å². The van der Waals surface area contributed by atoms with Crippen LogP contribution in [0, 0.1) is 0 Å². The molecule has 0 spiro atoms. The molecule has 0 unspecified atom stereocenters. The van der Waals surface area contributed by atoms with E-state index in [4.69, 9.17) is 0 Å². The zero-order valence-electron chi connectivity index (χ0n) is 11.8. The standard InChI is InChI=1S/C8H10.C5H12N2O.C2H4/c1-2-8-6-4-3-5-7-8;1-3-6-4-7-5(2)8;1-2/h3-7H,2H2,1H3;6H,3-4H2,1-2H3,(H,7,8);1-2H2. The van der Waals surface area contributed by atoms with Crippen LogP contribution in [0.25, 0.3) is 0 Å². The molecule has 0 bridgehead atoms. The molecule has 0 saturated carbocycles. The first-order valence-electron chi connectivity index (χ1n) is 6.19. The molecular weight excluding hydrogens is 224 g/mol.